The number of amides is 1. The molecule has 2 heterocycles. The molecule has 0 fully saturated rings. The highest BCUT2D eigenvalue weighted by Gasteiger charge is 2.30. The molecule has 3 aromatic rings. The maximum Gasteiger partial charge on any atom is 0.416 e. The molecule has 1 aliphatic heterocycles. The van der Waals surface area contributed by atoms with Crippen molar-refractivity contribution in [2.24, 2.45) is 0 Å². The molecule has 0 spiro atoms. The van der Waals surface area contributed by atoms with Gasteiger partial charge in [0.2, 0.25) is 10.0 Å². The first kappa shape index (κ1) is 25.0. The van der Waals surface area contributed by atoms with E-state index in [2.05, 4.69) is 14.8 Å². The van der Waals surface area contributed by atoms with E-state index >= 15 is 0 Å². The van der Waals surface area contributed by atoms with E-state index in [1.807, 2.05) is 0 Å². The number of cyclic esters (lactones) is 1. The van der Waals surface area contributed by atoms with Crippen molar-refractivity contribution in [2.45, 2.75) is 12.7 Å². The number of carbonyl (C=O) groups is 3. The second-order valence-electron chi connectivity index (χ2n) is 8.03. The van der Waals surface area contributed by atoms with Gasteiger partial charge in [0.25, 0.3) is 11.7 Å². The van der Waals surface area contributed by atoms with Gasteiger partial charge in [-0.25, -0.2) is 13.2 Å². The second-order valence-corrected chi connectivity index (χ2v) is 9.78. The molecule has 2 aromatic carbocycles. The van der Waals surface area contributed by atoms with Crippen LogP contribution in [0.3, 0.4) is 0 Å². The minimum Gasteiger partial charge on any atom is -0.456 e. The fourth-order valence-corrected chi connectivity index (χ4v) is 4.21. The summed E-state index contributed by atoms with van der Waals surface area (Å²) >= 11 is 0. The summed E-state index contributed by atoms with van der Waals surface area (Å²) in [4.78, 5) is 36.8. The molecule has 0 saturated heterocycles. The van der Waals surface area contributed by atoms with Crippen LogP contribution in [-0.2, 0) is 37.1 Å². The Labute approximate surface area is 202 Å². The third kappa shape index (κ3) is 5.57. The van der Waals surface area contributed by atoms with Gasteiger partial charge in [0.05, 0.1) is 23.1 Å². The molecule has 36 heavy (non-hydrogen) atoms. The van der Waals surface area contributed by atoms with Crippen LogP contribution in [0.1, 0.15) is 21.5 Å². The summed E-state index contributed by atoms with van der Waals surface area (Å²) < 4.78 is 70.5. The van der Waals surface area contributed by atoms with Gasteiger partial charge < -0.3 is 14.6 Å². The number of benzene rings is 2. The van der Waals surface area contributed by atoms with Crippen molar-refractivity contribution in [3.63, 3.8) is 0 Å². The van der Waals surface area contributed by atoms with Crippen LogP contribution in [0.4, 0.5) is 18.9 Å². The molecule has 0 atom stereocenters. The number of hydrogen-bond acceptors (Lipinski definition) is 6. The topological polar surface area (TPSA) is 124 Å². The summed E-state index contributed by atoms with van der Waals surface area (Å²) in [6, 6.07) is 8.82. The van der Waals surface area contributed by atoms with Crippen molar-refractivity contribution >= 4 is 44.3 Å². The van der Waals surface area contributed by atoms with E-state index in [4.69, 9.17) is 0 Å². The number of aromatic nitrogens is 1. The number of carbonyl (C=O) groups excluding carboxylic acids is 3. The van der Waals surface area contributed by atoms with Crippen molar-refractivity contribution < 1.29 is 40.7 Å². The molecule has 13 heteroatoms. The van der Waals surface area contributed by atoms with E-state index in [1.165, 1.54) is 36.5 Å². The van der Waals surface area contributed by atoms with Gasteiger partial charge in [0.15, 0.2) is 0 Å². The summed E-state index contributed by atoms with van der Waals surface area (Å²) in [5.41, 5.74) is 0.293. The Morgan fingerprint density at radius 2 is 1.81 bits per heavy atom. The maximum atomic E-state index is 13.0. The number of nitrogens with one attached hydrogen (secondary N) is 2. The van der Waals surface area contributed by atoms with Crippen LogP contribution in [0, 0.1) is 0 Å². The number of ketones is 1. The predicted octanol–water partition coefficient (Wildman–Crippen LogP) is 2.82. The van der Waals surface area contributed by atoms with Gasteiger partial charge >= 0.3 is 12.1 Å². The summed E-state index contributed by atoms with van der Waals surface area (Å²) in [6.45, 7) is -0.133. The standard InChI is InChI=1S/C23H18F3N3O6S/c1-36(33,34)28-15-6-7-19-17(8-15)18(21(31)22(32)27-16-9-20(30)35-12-16)11-29(19)10-13-2-4-14(5-3-13)23(24,25)26/h2-9,11,28H,10,12H2,1H3,(H,27,32). The Morgan fingerprint density at radius 3 is 2.39 bits per heavy atom. The van der Waals surface area contributed by atoms with E-state index in [1.54, 1.807) is 4.57 Å². The van der Waals surface area contributed by atoms with E-state index in [0.717, 1.165) is 24.5 Å². The molecule has 2 N–H and O–H groups in total. The van der Waals surface area contributed by atoms with Gasteiger partial charge in [0, 0.05) is 35.4 Å². The molecule has 1 amide bonds. The first-order valence-corrected chi connectivity index (χ1v) is 12.2. The Kier molecular flexibility index (Phi) is 6.35. The van der Waals surface area contributed by atoms with Crippen LogP contribution in [0.25, 0.3) is 10.9 Å². The Morgan fingerprint density at radius 1 is 1.11 bits per heavy atom. The molecule has 1 aromatic heterocycles. The molecular weight excluding hydrogens is 503 g/mol. The highest BCUT2D eigenvalue weighted by Crippen LogP contribution is 2.30. The Hall–Kier alpha value is -4.13. The fourth-order valence-electron chi connectivity index (χ4n) is 3.65. The number of alkyl halides is 3. The number of Topliss-reactive ketones (excluding diaryl/α,β-unsaturated/α-hetero) is 1. The lowest BCUT2D eigenvalue weighted by molar-refractivity contribution is -0.137. The minimum atomic E-state index is -4.49. The first-order chi connectivity index (χ1) is 16.8. The molecule has 4 rings (SSSR count). The van der Waals surface area contributed by atoms with Crippen molar-refractivity contribution in [3.8, 4) is 0 Å². The fraction of sp³-hybridized carbons (Fsp3) is 0.174. The van der Waals surface area contributed by atoms with E-state index in [0.29, 0.717) is 11.1 Å². The lowest BCUT2D eigenvalue weighted by atomic mass is 10.1. The number of ether oxygens (including phenoxy) is 1. The van der Waals surface area contributed by atoms with Crippen molar-refractivity contribution in [2.75, 3.05) is 17.6 Å². The van der Waals surface area contributed by atoms with Gasteiger partial charge in [-0.1, -0.05) is 12.1 Å². The van der Waals surface area contributed by atoms with Crippen LogP contribution in [0.5, 0.6) is 0 Å². The zero-order valence-corrected chi connectivity index (χ0v) is 19.4. The number of hydrogen-bond donors (Lipinski definition) is 2. The zero-order valence-electron chi connectivity index (χ0n) is 18.5. The number of halogens is 3. The van der Waals surface area contributed by atoms with Crippen LogP contribution in [0.2, 0.25) is 0 Å². The maximum absolute atomic E-state index is 13.0. The third-order valence-electron chi connectivity index (χ3n) is 5.21. The van der Waals surface area contributed by atoms with Crippen LogP contribution in [0.15, 0.2) is 60.4 Å². The largest absolute Gasteiger partial charge is 0.456 e. The molecule has 0 saturated carbocycles. The van der Waals surface area contributed by atoms with E-state index in [9.17, 15) is 36.0 Å². The summed E-state index contributed by atoms with van der Waals surface area (Å²) in [5.74, 6) is -2.68. The average molecular weight is 521 g/mol. The summed E-state index contributed by atoms with van der Waals surface area (Å²) in [7, 11) is -3.64. The summed E-state index contributed by atoms with van der Waals surface area (Å²) in [6.07, 6.45) is -1.14. The molecule has 1 aliphatic rings. The normalized spacial score (nSPS) is 13.9. The SMILES string of the molecule is CS(=O)(=O)Nc1ccc2c(c1)c(C(=O)C(=O)NC1=CC(=O)OC1)cn2Cc1ccc(C(F)(F)F)cc1. The highest BCUT2D eigenvalue weighted by molar-refractivity contribution is 7.92. The summed E-state index contributed by atoms with van der Waals surface area (Å²) in [5, 5.41) is 2.54. The van der Waals surface area contributed by atoms with Gasteiger partial charge in [-0.05, 0) is 35.9 Å². The molecule has 0 unspecified atom stereocenters. The van der Waals surface area contributed by atoms with Crippen LogP contribution >= 0.6 is 0 Å². The minimum absolute atomic E-state index is 0.0654. The molecule has 0 bridgehead atoms. The number of nitrogens with zero attached hydrogens (tertiary/aromatic N) is 1. The highest BCUT2D eigenvalue weighted by atomic mass is 32.2. The number of sulfonamides is 1. The van der Waals surface area contributed by atoms with Crippen molar-refractivity contribution in [1.29, 1.82) is 0 Å². The van der Waals surface area contributed by atoms with Crippen LogP contribution < -0.4 is 10.0 Å². The number of anilines is 1. The van der Waals surface area contributed by atoms with Gasteiger partial charge in [0.1, 0.15) is 6.61 Å². The molecule has 188 valence electrons. The van der Waals surface area contributed by atoms with Gasteiger partial charge in [-0.15, -0.1) is 0 Å². The van der Waals surface area contributed by atoms with E-state index < -0.39 is 39.4 Å². The predicted molar refractivity (Wildman–Crippen MR) is 122 cm³/mol. The monoisotopic (exact) mass is 521 g/mol. The number of rotatable bonds is 7. The average Bonchev–Trinajstić information content (AvgIpc) is 3.34. The van der Waals surface area contributed by atoms with Crippen molar-refractivity contribution in [1.82, 2.24) is 9.88 Å². The number of fused-ring (bicyclic) bond motifs is 1. The van der Waals surface area contributed by atoms with Crippen LogP contribution in [-0.4, -0.2) is 43.5 Å². The lowest BCUT2D eigenvalue weighted by Gasteiger charge is -2.09. The Bertz CT molecular complexity index is 1520. The quantitative estimate of drug-likeness (QED) is 0.280. The molecule has 9 nitrogen and oxygen atoms in total. The number of esters is 1. The van der Waals surface area contributed by atoms with Crippen molar-refractivity contribution in [3.05, 3.63) is 77.1 Å². The molecule has 0 aliphatic carbocycles. The molecule has 0 radical (unpaired) electrons. The Balaban J connectivity index is 1.71. The zero-order chi connectivity index (χ0) is 26.3. The smallest absolute Gasteiger partial charge is 0.416 e. The lowest BCUT2D eigenvalue weighted by Crippen LogP contribution is -2.31. The third-order valence-corrected chi connectivity index (χ3v) is 5.81. The van der Waals surface area contributed by atoms with Gasteiger partial charge in [-0.3, -0.25) is 14.3 Å². The van der Waals surface area contributed by atoms with Gasteiger partial charge in [-0.2, -0.15) is 13.2 Å². The molecular formula is C23H18F3N3O6S. The van der Waals surface area contributed by atoms with E-state index in [-0.39, 0.29) is 35.5 Å². The second kappa shape index (κ2) is 9.15. The first-order valence-electron chi connectivity index (χ1n) is 10.3.